The molecule has 5 rings (SSSR count). The Morgan fingerprint density at radius 1 is 0.852 bits per heavy atom. The molecular weight excluding hydrogens is 339 g/mol. The number of nitrogens with zero attached hydrogens (tertiary/aromatic N) is 3. The number of aromatic amines is 1. The van der Waals surface area contributed by atoms with Gasteiger partial charge in [-0.15, -0.1) is 0 Å². The van der Waals surface area contributed by atoms with E-state index in [0.29, 0.717) is 0 Å². The predicted octanol–water partition coefficient (Wildman–Crippen LogP) is 3.44. The standard InChI is InChI=1S/C22H25FN4/c23-19-6-5-17-15-26(16-18(17)13-19)8-7-25-9-11-27(12-10-25)22-14-24-21-4-2-1-3-20(21)22/h1-6,13-14,24H,7-12,15-16H2. The average Bonchev–Trinajstić information content (AvgIpc) is 3.30. The van der Waals surface area contributed by atoms with Gasteiger partial charge in [0, 0.05) is 69.5 Å². The van der Waals surface area contributed by atoms with Gasteiger partial charge in [0.1, 0.15) is 5.82 Å². The maximum atomic E-state index is 13.4. The maximum absolute atomic E-state index is 13.4. The molecule has 2 aliphatic heterocycles. The molecule has 0 radical (unpaired) electrons. The molecule has 3 heterocycles. The monoisotopic (exact) mass is 364 g/mol. The zero-order valence-corrected chi connectivity index (χ0v) is 15.5. The molecule has 0 unspecified atom stereocenters. The molecule has 1 aromatic heterocycles. The second-order valence-electron chi connectivity index (χ2n) is 7.67. The molecule has 0 aliphatic carbocycles. The Kier molecular flexibility index (Phi) is 4.34. The van der Waals surface area contributed by atoms with Gasteiger partial charge in [-0.05, 0) is 29.3 Å². The average molecular weight is 364 g/mol. The highest BCUT2D eigenvalue weighted by Crippen LogP contribution is 2.27. The van der Waals surface area contributed by atoms with Gasteiger partial charge in [-0.1, -0.05) is 24.3 Å². The van der Waals surface area contributed by atoms with E-state index in [0.717, 1.165) is 57.9 Å². The van der Waals surface area contributed by atoms with E-state index in [4.69, 9.17) is 0 Å². The van der Waals surface area contributed by atoms with Crippen LogP contribution in [0.1, 0.15) is 11.1 Å². The van der Waals surface area contributed by atoms with E-state index in [1.165, 1.54) is 22.2 Å². The molecule has 5 heteroatoms. The molecular formula is C22H25FN4. The molecule has 0 bridgehead atoms. The summed E-state index contributed by atoms with van der Waals surface area (Å²) in [6.07, 6.45) is 2.14. The highest BCUT2D eigenvalue weighted by Gasteiger charge is 2.22. The summed E-state index contributed by atoms with van der Waals surface area (Å²) in [5.74, 6) is -0.121. The molecule has 2 aromatic carbocycles. The number of para-hydroxylation sites is 1. The molecule has 0 spiro atoms. The molecule has 0 atom stereocenters. The van der Waals surface area contributed by atoms with Crippen LogP contribution in [0, 0.1) is 5.82 Å². The number of hydrogen-bond donors (Lipinski definition) is 1. The molecule has 4 nitrogen and oxygen atoms in total. The third-order valence-electron chi connectivity index (χ3n) is 5.97. The Morgan fingerprint density at radius 2 is 1.63 bits per heavy atom. The quantitative estimate of drug-likeness (QED) is 0.768. The van der Waals surface area contributed by atoms with Crippen molar-refractivity contribution in [1.82, 2.24) is 14.8 Å². The predicted molar refractivity (Wildman–Crippen MR) is 107 cm³/mol. The molecule has 0 saturated carbocycles. The van der Waals surface area contributed by atoms with Crippen molar-refractivity contribution in [3.05, 3.63) is 65.6 Å². The fourth-order valence-electron chi connectivity index (χ4n) is 4.40. The van der Waals surface area contributed by atoms with Crippen LogP contribution in [0.2, 0.25) is 0 Å². The number of hydrogen-bond acceptors (Lipinski definition) is 3. The third-order valence-corrected chi connectivity index (χ3v) is 5.97. The number of H-pyrrole nitrogens is 1. The number of nitrogens with one attached hydrogen (secondary N) is 1. The smallest absolute Gasteiger partial charge is 0.123 e. The zero-order valence-electron chi connectivity index (χ0n) is 15.5. The Balaban J connectivity index is 1.14. The lowest BCUT2D eigenvalue weighted by molar-refractivity contribution is 0.198. The van der Waals surface area contributed by atoms with Crippen LogP contribution < -0.4 is 4.90 Å². The minimum atomic E-state index is -0.121. The van der Waals surface area contributed by atoms with E-state index in [1.54, 1.807) is 12.1 Å². The highest BCUT2D eigenvalue weighted by atomic mass is 19.1. The second-order valence-corrected chi connectivity index (χ2v) is 7.67. The molecule has 1 N–H and O–H groups in total. The van der Waals surface area contributed by atoms with Crippen LogP contribution in [0.3, 0.4) is 0 Å². The first-order chi connectivity index (χ1) is 13.3. The Hall–Kier alpha value is -2.37. The van der Waals surface area contributed by atoms with E-state index < -0.39 is 0 Å². The SMILES string of the molecule is Fc1ccc2c(c1)CN(CCN1CCN(c3c[nH]c4ccccc34)CC1)C2. The Bertz CT molecular complexity index is 942. The Morgan fingerprint density at radius 3 is 2.52 bits per heavy atom. The molecule has 0 amide bonds. The van der Waals surface area contributed by atoms with Crippen LogP contribution in [0.15, 0.2) is 48.7 Å². The van der Waals surface area contributed by atoms with E-state index >= 15 is 0 Å². The summed E-state index contributed by atoms with van der Waals surface area (Å²) >= 11 is 0. The number of halogens is 1. The lowest BCUT2D eigenvalue weighted by Gasteiger charge is -2.36. The summed E-state index contributed by atoms with van der Waals surface area (Å²) in [6, 6.07) is 13.7. The van der Waals surface area contributed by atoms with Crippen molar-refractivity contribution in [1.29, 1.82) is 0 Å². The summed E-state index contributed by atoms with van der Waals surface area (Å²) in [6.45, 7) is 8.26. The highest BCUT2D eigenvalue weighted by molar-refractivity contribution is 5.92. The number of aromatic nitrogens is 1. The van der Waals surface area contributed by atoms with Crippen LogP contribution in [-0.4, -0.2) is 54.1 Å². The van der Waals surface area contributed by atoms with Crippen molar-refractivity contribution in [2.75, 3.05) is 44.2 Å². The van der Waals surface area contributed by atoms with Gasteiger partial charge in [-0.2, -0.15) is 0 Å². The van der Waals surface area contributed by atoms with Crippen LogP contribution in [-0.2, 0) is 13.1 Å². The first kappa shape index (κ1) is 16.8. The number of rotatable bonds is 4. The van der Waals surface area contributed by atoms with Crippen molar-refractivity contribution in [2.24, 2.45) is 0 Å². The van der Waals surface area contributed by atoms with Gasteiger partial charge in [-0.3, -0.25) is 9.80 Å². The lowest BCUT2D eigenvalue weighted by atomic mass is 10.1. The first-order valence-electron chi connectivity index (χ1n) is 9.79. The Labute approximate surface area is 159 Å². The van der Waals surface area contributed by atoms with Crippen molar-refractivity contribution in [3.8, 4) is 0 Å². The van der Waals surface area contributed by atoms with Gasteiger partial charge in [0.05, 0.1) is 5.69 Å². The molecule has 1 saturated heterocycles. The molecule has 3 aromatic rings. The molecule has 140 valence electrons. The van der Waals surface area contributed by atoms with Crippen LogP contribution >= 0.6 is 0 Å². The molecule has 27 heavy (non-hydrogen) atoms. The van der Waals surface area contributed by atoms with Gasteiger partial charge in [0.2, 0.25) is 0 Å². The van der Waals surface area contributed by atoms with Gasteiger partial charge in [-0.25, -0.2) is 4.39 Å². The van der Waals surface area contributed by atoms with Crippen molar-refractivity contribution in [2.45, 2.75) is 13.1 Å². The number of piperazine rings is 1. The van der Waals surface area contributed by atoms with E-state index in [1.807, 2.05) is 6.07 Å². The van der Waals surface area contributed by atoms with Crippen LogP contribution in [0.4, 0.5) is 10.1 Å². The number of benzene rings is 2. The van der Waals surface area contributed by atoms with E-state index in [2.05, 4.69) is 50.1 Å². The molecule has 2 aliphatic rings. The summed E-state index contributed by atoms with van der Waals surface area (Å²) < 4.78 is 13.4. The summed E-state index contributed by atoms with van der Waals surface area (Å²) in [5, 5.41) is 1.31. The second kappa shape index (κ2) is 6.98. The minimum absolute atomic E-state index is 0.121. The fraction of sp³-hybridized carbons (Fsp3) is 0.364. The maximum Gasteiger partial charge on any atom is 0.123 e. The van der Waals surface area contributed by atoms with E-state index in [9.17, 15) is 4.39 Å². The van der Waals surface area contributed by atoms with Crippen molar-refractivity contribution >= 4 is 16.6 Å². The minimum Gasteiger partial charge on any atom is -0.367 e. The fourth-order valence-corrected chi connectivity index (χ4v) is 4.40. The first-order valence-corrected chi connectivity index (χ1v) is 9.79. The summed E-state index contributed by atoms with van der Waals surface area (Å²) in [5.41, 5.74) is 4.96. The van der Waals surface area contributed by atoms with Gasteiger partial charge in [0.15, 0.2) is 0 Å². The molecule has 1 fully saturated rings. The van der Waals surface area contributed by atoms with Crippen LogP contribution in [0.25, 0.3) is 10.9 Å². The zero-order chi connectivity index (χ0) is 18.2. The van der Waals surface area contributed by atoms with E-state index in [-0.39, 0.29) is 5.82 Å². The largest absolute Gasteiger partial charge is 0.367 e. The number of anilines is 1. The topological polar surface area (TPSA) is 25.5 Å². The van der Waals surface area contributed by atoms with Crippen molar-refractivity contribution < 1.29 is 4.39 Å². The van der Waals surface area contributed by atoms with Crippen molar-refractivity contribution in [3.63, 3.8) is 0 Å². The normalized spacial score (nSPS) is 18.3. The summed E-state index contributed by atoms with van der Waals surface area (Å²) in [7, 11) is 0. The lowest BCUT2D eigenvalue weighted by Crippen LogP contribution is -2.48. The third kappa shape index (κ3) is 3.33. The van der Waals surface area contributed by atoms with Gasteiger partial charge < -0.3 is 9.88 Å². The number of fused-ring (bicyclic) bond motifs is 2. The summed E-state index contributed by atoms with van der Waals surface area (Å²) in [4.78, 5) is 10.9. The van der Waals surface area contributed by atoms with Gasteiger partial charge >= 0.3 is 0 Å². The van der Waals surface area contributed by atoms with Crippen LogP contribution in [0.5, 0.6) is 0 Å². The van der Waals surface area contributed by atoms with Gasteiger partial charge in [0.25, 0.3) is 0 Å².